The van der Waals surface area contributed by atoms with Gasteiger partial charge in [0.15, 0.2) is 0 Å². The average molecular weight is 358 g/mol. The zero-order valence-corrected chi connectivity index (χ0v) is 14.4. The minimum Gasteiger partial charge on any atom is -0.329 e. The molecule has 1 fully saturated rings. The van der Waals surface area contributed by atoms with Gasteiger partial charge in [0.05, 0.1) is 0 Å². The van der Waals surface area contributed by atoms with Crippen LogP contribution < -0.4 is 5.73 Å². The summed E-state index contributed by atoms with van der Waals surface area (Å²) in [5.74, 6) is -0.189. The Morgan fingerprint density at radius 1 is 1.52 bits per heavy atom. The Hall–Kier alpha value is -0.490. The van der Waals surface area contributed by atoms with Gasteiger partial charge in [0.1, 0.15) is 5.82 Å². The van der Waals surface area contributed by atoms with E-state index in [0.29, 0.717) is 18.2 Å². The highest BCUT2D eigenvalue weighted by molar-refractivity contribution is 9.10. The Kier molecular flexibility index (Phi) is 6.17. The molecule has 0 bridgehead atoms. The van der Waals surface area contributed by atoms with Gasteiger partial charge in [-0.05, 0) is 45.1 Å². The summed E-state index contributed by atoms with van der Waals surface area (Å²) in [6.45, 7) is 5.82. The van der Waals surface area contributed by atoms with Gasteiger partial charge in [0.25, 0.3) is 0 Å². The fourth-order valence-corrected chi connectivity index (χ4v) is 3.63. The average Bonchev–Trinajstić information content (AvgIpc) is 2.89. The molecule has 0 amide bonds. The maximum atomic E-state index is 14.2. The second-order valence-corrected chi connectivity index (χ2v) is 6.70. The van der Waals surface area contributed by atoms with Crippen LogP contribution in [0.25, 0.3) is 0 Å². The summed E-state index contributed by atoms with van der Waals surface area (Å²) < 4.78 is 14.9. The Balaban J connectivity index is 2.09. The molecule has 0 aromatic heterocycles. The third-order valence-corrected chi connectivity index (χ3v) is 4.97. The molecule has 118 valence electrons. The Morgan fingerprint density at radius 2 is 2.29 bits per heavy atom. The number of likely N-dealkylation sites (N-methyl/N-ethyl adjacent to an activating group) is 2. The molecule has 2 N–H and O–H groups in total. The van der Waals surface area contributed by atoms with Crippen molar-refractivity contribution in [2.24, 2.45) is 5.73 Å². The van der Waals surface area contributed by atoms with Crippen molar-refractivity contribution in [1.29, 1.82) is 0 Å². The molecule has 0 aliphatic carbocycles. The predicted octanol–water partition coefficient (Wildman–Crippen LogP) is 3.00. The molecule has 21 heavy (non-hydrogen) atoms. The van der Waals surface area contributed by atoms with Gasteiger partial charge in [-0.25, -0.2) is 4.39 Å². The van der Waals surface area contributed by atoms with Crippen LogP contribution in [-0.4, -0.2) is 49.1 Å². The van der Waals surface area contributed by atoms with Crippen LogP contribution in [0.15, 0.2) is 22.7 Å². The third kappa shape index (κ3) is 4.03. The molecule has 0 saturated carbocycles. The molecule has 0 spiro atoms. The lowest BCUT2D eigenvalue weighted by molar-refractivity contribution is 0.164. The second kappa shape index (κ2) is 7.68. The first-order valence-corrected chi connectivity index (χ1v) is 8.45. The molecule has 1 aromatic rings. The number of hydrogen-bond donors (Lipinski definition) is 1. The van der Waals surface area contributed by atoms with E-state index in [1.165, 1.54) is 25.5 Å². The highest BCUT2D eigenvalue weighted by Crippen LogP contribution is 2.26. The number of nitrogens with zero attached hydrogens (tertiary/aromatic N) is 2. The fraction of sp³-hybridized carbons (Fsp3) is 0.625. The van der Waals surface area contributed by atoms with E-state index < -0.39 is 0 Å². The van der Waals surface area contributed by atoms with E-state index in [9.17, 15) is 4.39 Å². The van der Waals surface area contributed by atoms with Gasteiger partial charge in [-0.1, -0.05) is 28.9 Å². The summed E-state index contributed by atoms with van der Waals surface area (Å²) in [5.41, 5.74) is 6.60. The lowest BCUT2D eigenvalue weighted by atomic mass is 10.0. The van der Waals surface area contributed by atoms with E-state index in [1.54, 1.807) is 0 Å². The van der Waals surface area contributed by atoms with Crippen LogP contribution in [0.3, 0.4) is 0 Å². The first-order chi connectivity index (χ1) is 10.1. The maximum Gasteiger partial charge on any atom is 0.129 e. The molecule has 1 heterocycles. The molecule has 1 aliphatic heterocycles. The van der Waals surface area contributed by atoms with Crippen molar-refractivity contribution in [3.63, 3.8) is 0 Å². The van der Waals surface area contributed by atoms with Crippen molar-refractivity contribution in [2.75, 3.05) is 33.2 Å². The quantitative estimate of drug-likeness (QED) is 0.849. The van der Waals surface area contributed by atoms with Gasteiger partial charge in [0, 0.05) is 35.2 Å². The maximum absolute atomic E-state index is 14.2. The minimum atomic E-state index is -0.189. The largest absolute Gasteiger partial charge is 0.329 e. The van der Waals surface area contributed by atoms with Crippen LogP contribution in [0.1, 0.15) is 31.4 Å². The number of halogens is 2. The van der Waals surface area contributed by atoms with Gasteiger partial charge < -0.3 is 5.73 Å². The number of rotatable bonds is 6. The second-order valence-electron chi connectivity index (χ2n) is 5.78. The van der Waals surface area contributed by atoms with Crippen molar-refractivity contribution in [2.45, 2.75) is 31.8 Å². The van der Waals surface area contributed by atoms with E-state index in [4.69, 9.17) is 5.73 Å². The van der Waals surface area contributed by atoms with Crippen LogP contribution in [0.5, 0.6) is 0 Å². The number of likely N-dealkylation sites (tertiary alicyclic amines) is 1. The van der Waals surface area contributed by atoms with Crippen LogP contribution >= 0.6 is 15.9 Å². The molecule has 3 nitrogen and oxygen atoms in total. The Bertz CT molecular complexity index is 469. The zero-order chi connectivity index (χ0) is 15.4. The minimum absolute atomic E-state index is 0.0718. The first-order valence-electron chi connectivity index (χ1n) is 7.66. The van der Waals surface area contributed by atoms with Crippen molar-refractivity contribution >= 4 is 15.9 Å². The molecule has 5 heteroatoms. The van der Waals surface area contributed by atoms with E-state index >= 15 is 0 Å². The molecule has 0 radical (unpaired) electrons. The van der Waals surface area contributed by atoms with Crippen molar-refractivity contribution in [3.05, 3.63) is 34.1 Å². The summed E-state index contributed by atoms with van der Waals surface area (Å²) in [6.07, 6.45) is 2.48. The van der Waals surface area contributed by atoms with Crippen LogP contribution in [0, 0.1) is 5.82 Å². The van der Waals surface area contributed by atoms with Crippen molar-refractivity contribution < 1.29 is 4.39 Å². The molecule has 1 saturated heterocycles. The lowest BCUT2D eigenvalue weighted by Crippen LogP contribution is -2.42. The van der Waals surface area contributed by atoms with Crippen molar-refractivity contribution in [1.82, 2.24) is 9.80 Å². The molecular formula is C16H25BrFN3. The summed E-state index contributed by atoms with van der Waals surface area (Å²) in [4.78, 5) is 4.70. The highest BCUT2D eigenvalue weighted by atomic mass is 79.9. The van der Waals surface area contributed by atoms with Gasteiger partial charge in [-0.2, -0.15) is 0 Å². The van der Waals surface area contributed by atoms with Crippen LogP contribution in [0.4, 0.5) is 4.39 Å². The van der Waals surface area contributed by atoms with Gasteiger partial charge in [-0.3, -0.25) is 9.80 Å². The standard InChI is InChI=1S/C16H25BrFN3/c1-3-21-8-4-5-13(21)11-20(2)16(10-19)14-7-6-12(17)9-15(14)18/h6-7,9,13,16H,3-5,8,10-11,19H2,1-2H3. The molecular weight excluding hydrogens is 333 g/mol. The summed E-state index contributed by atoms with van der Waals surface area (Å²) in [5, 5.41) is 0. The van der Waals surface area contributed by atoms with Crippen molar-refractivity contribution in [3.8, 4) is 0 Å². The topological polar surface area (TPSA) is 32.5 Å². The summed E-state index contributed by atoms with van der Waals surface area (Å²) >= 11 is 3.30. The molecule has 2 unspecified atom stereocenters. The molecule has 1 aliphatic rings. The van der Waals surface area contributed by atoms with Gasteiger partial charge >= 0.3 is 0 Å². The van der Waals surface area contributed by atoms with Gasteiger partial charge in [-0.15, -0.1) is 0 Å². The lowest BCUT2D eigenvalue weighted by Gasteiger charge is -2.33. The predicted molar refractivity (Wildman–Crippen MR) is 88.8 cm³/mol. The fourth-order valence-electron chi connectivity index (χ4n) is 3.29. The van der Waals surface area contributed by atoms with E-state index in [2.05, 4.69) is 32.7 Å². The molecule has 2 rings (SSSR count). The summed E-state index contributed by atoms with van der Waals surface area (Å²) in [7, 11) is 2.05. The SMILES string of the molecule is CCN1CCCC1CN(C)C(CN)c1ccc(Br)cc1F. The van der Waals surface area contributed by atoms with Gasteiger partial charge in [0.2, 0.25) is 0 Å². The van der Waals surface area contributed by atoms with Crippen LogP contribution in [0.2, 0.25) is 0 Å². The number of nitrogens with two attached hydrogens (primary N) is 1. The first kappa shape index (κ1) is 16.9. The smallest absolute Gasteiger partial charge is 0.129 e. The van der Waals surface area contributed by atoms with E-state index in [0.717, 1.165) is 17.6 Å². The third-order valence-electron chi connectivity index (χ3n) is 4.48. The Morgan fingerprint density at radius 3 is 2.90 bits per heavy atom. The number of hydrogen-bond acceptors (Lipinski definition) is 3. The van der Waals surface area contributed by atoms with Crippen LogP contribution in [-0.2, 0) is 0 Å². The molecule has 2 atom stereocenters. The highest BCUT2D eigenvalue weighted by Gasteiger charge is 2.27. The molecule has 1 aromatic carbocycles. The number of benzene rings is 1. The van der Waals surface area contributed by atoms with E-state index in [1.807, 2.05) is 19.2 Å². The van der Waals surface area contributed by atoms with E-state index in [-0.39, 0.29) is 11.9 Å². The summed E-state index contributed by atoms with van der Waals surface area (Å²) in [6, 6.07) is 5.72. The zero-order valence-electron chi connectivity index (χ0n) is 12.9. The monoisotopic (exact) mass is 357 g/mol. The normalized spacial score (nSPS) is 21.1. The Labute approximate surface area is 135 Å².